The largest absolute Gasteiger partial charge is 0.353 e. The van der Waals surface area contributed by atoms with Gasteiger partial charge >= 0.3 is 0 Å². The molecule has 2 aromatic rings. The Balaban J connectivity index is 1.56. The molecule has 0 saturated carbocycles. The number of nitrogens with zero attached hydrogens (tertiary/aromatic N) is 2. The summed E-state index contributed by atoms with van der Waals surface area (Å²) >= 11 is 0. The van der Waals surface area contributed by atoms with Gasteiger partial charge in [0.15, 0.2) is 0 Å². The lowest BCUT2D eigenvalue weighted by Crippen LogP contribution is -2.40. The quantitative estimate of drug-likeness (QED) is 0.925. The third-order valence-corrected chi connectivity index (χ3v) is 3.62. The number of aromatic nitrogens is 2. The molecule has 5 heteroatoms. The van der Waals surface area contributed by atoms with Gasteiger partial charge in [0, 0.05) is 30.9 Å². The number of carbonyl (C=O) groups is 1. The zero-order chi connectivity index (χ0) is 13.9. The number of amides is 1. The molecule has 0 bridgehead atoms. The van der Waals surface area contributed by atoms with Crippen LogP contribution in [-0.4, -0.2) is 21.5 Å². The Hall–Kier alpha value is -2.17. The molecule has 20 heavy (non-hydrogen) atoms. The SMILES string of the molecule is O=C(Cc1ccc(F)cc1)NC1CCn2cncc2C1. The van der Waals surface area contributed by atoms with Crippen LogP contribution < -0.4 is 5.32 Å². The van der Waals surface area contributed by atoms with Gasteiger partial charge in [0.25, 0.3) is 0 Å². The highest BCUT2D eigenvalue weighted by atomic mass is 19.1. The molecule has 1 aromatic carbocycles. The summed E-state index contributed by atoms with van der Waals surface area (Å²) in [6, 6.07) is 6.20. The summed E-state index contributed by atoms with van der Waals surface area (Å²) in [7, 11) is 0. The van der Waals surface area contributed by atoms with E-state index in [-0.39, 0.29) is 24.2 Å². The third kappa shape index (κ3) is 2.87. The minimum absolute atomic E-state index is 0.0189. The summed E-state index contributed by atoms with van der Waals surface area (Å²) in [6.45, 7) is 0.886. The molecule has 2 heterocycles. The molecule has 1 amide bonds. The Kier molecular flexibility index (Phi) is 3.50. The molecule has 4 nitrogen and oxygen atoms in total. The molecule has 0 saturated heterocycles. The van der Waals surface area contributed by atoms with Gasteiger partial charge in [-0.15, -0.1) is 0 Å². The zero-order valence-electron chi connectivity index (χ0n) is 11.1. The molecule has 1 aliphatic rings. The summed E-state index contributed by atoms with van der Waals surface area (Å²) in [5, 5.41) is 3.04. The number of imidazole rings is 1. The number of aryl methyl sites for hydroxylation is 1. The fourth-order valence-corrected chi connectivity index (χ4v) is 2.56. The maximum atomic E-state index is 12.8. The number of fused-ring (bicyclic) bond motifs is 1. The van der Waals surface area contributed by atoms with Crippen molar-refractivity contribution in [2.75, 3.05) is 0 Å². The Labute approximate surface area is 116 Å². The fraction of sp³-hybridized carbons (Fsp3) is 0.333. The average molecular weight is 273 g/mol. The van der Waals surface area contributed by atoms with Crippen LogP contribution in [0.25, 0.3) is 0 Å². The first-order valence-corrected chi connectivity index (χ1v) is 6.73. The van der Waals surface area contributed by atoms with Crippen LogP contribution in [-0.2, 0) is 24.2 Å². The molecule has 1 atom stereocenters. The van der Waals surface area contributed by atoms with E-state index in [9.17, 15) is 9.18 Å². The van der Waals surface area contributed by atoms with E-state index < -0.39 is 0 Å². The van der Waals surface area contributed by atoms with Crippen LogP contribution in [0.2, 0.25) is 0 Å². The number of hydrogen-bond acceptors (Lipinski definition) is 2. The van der Waals surface area contributed by atoms with Gasteiger partial charge in [0.2, 0.25) is 5.91 Å². The minimum atomic E-state index is -0.283. The van der Waals surface area contributed by atoms with Gasteiger partial charge in [-0.05, 0) is 24.1 Å². The number of rotatable bonds is 3. The van der Waals surface area contributed by atoms with Crippen LogP contribution in [0.5, 0.6) is 0 Å². The summed E-state index contributed by atoms with van der Waals surface area (Å²) in [6.07, 6.45) is 5.69. The predicted molar refractivity (Wildman–Crippen MR) is 72.6 cm³/mol. The molecular weight excluding hydrogens is 257 g/mol. The van der Waals surface area contributed by atoms with Crippen molar-refractivity contribution in [2.45, 2.75) is 31.8 Å². The second kappa shape index (κ2) is 5.45. The molecule has 0 radical (unpaired) electrons. The van der Waals surface area contributed by atoms with Gasteiger partial charge in [0.1, 0.15) is 5.82 Å². The van der Waals surface area contributed by atoms with E-state index in [0.29, 0.717) is 0 Å². The van der Waals surface area contributed by atoms with Gasteiger partial charge in [-0.2, -0.15) is 0 Å². The summed E-state index contributed by atoms with van der Waals surface area (Å²) in [5.74, 6) is -0.302. The second-order valence-electron chi connectivity index (χ2n) is 5.14. The van der Waals surface area contributed by atoms with Crippen LogP contribution in [0.1, 0.15) is 17.7 Å². The maximum absolute atomic E-state index is 12.8. The Morgan fingerprint density at radius 2 is 2.20 bits per heavy atom. The van der Waals surface area contributed by atoms with Crippen molar-refractivity contribution in [3.63, 3.8) is 0 Å². The monoisotopic (exact) mass is 273 g/mol. The molecule has 3 rings (SSSR count). The summed E-state index contributed by atoms with van der Waals surface area (Å²) < 4.78 is 14.9. The lowest BCUT2D eigenvalue weighted by atomic mass is 10.0. The fourth-order valence-electron chi connectivity index (χ4n) is 2.56. The Morgan fingerprint density at radius 3 is 3.00 bits per heavy atom. The van der Waals surface area contributed by atoms with Crippen LogP contribution in [0.15, 0.2) is 36.8 Å². The zero-order valence-corrected chi connectivity index (χ0v) is 11.1. The summed E-state index contributed by atoms with van der Waals surface area (Å²) in [4.78, 5) is 16.1. The first-order valence-electron chi connectivity index (χ1n) is 6.73. The van der Waals surface area contributed by atoms with Gasteiger partial charge in [-0.25, -0.2) is 9.37 Å². The van der Waals surface area contributed by atoms with Crippen molar-refractivity contribution in [1.29, 1.82) is 0 Å². The number of hydrogen-bond donors (Lipinski definition) is 1. The van der Waals surface area contributed by atoms with Crippen LogP contribution >= 0.6 is 0 Å². The normalized spacial score (nSPS) is 17.6. The Morgan fingerprint density at radius 1 is 1.40 bits per heavy atom. The van der Waals surface area contributed by atoms with Crippen molar-refractivity contribution in [3.05, 3.63) is 53.9 Å². The smallest absolute Gasteiger partial charge is 0.224 e. The first kappa shape index (κ1) is 12.8. The second-order valence-corrected chi connectivity index (χ2v) is 5.14. The Bertz CT molecular complexity index is 606. The lowest BCUT2D eigenvalue weighted by molar-refractivity contribution is -0.121. The molecule has 1 aliphatic heterocycles. The van der Waals surface area contributed by atoms with E-state index in [4.69, 9.17) is 0 Å². The molecule has 104 valence electrons. The van der Waals surface area contributed by atoms with E-state index in [2.05, 4.69) is 14.9 Å². The highest BCUT2D eigenvalue weighted by Gasteiger charge is 2.20. The first-order chi connectivity index (χ1) is 9.70. The predicted octanol–water partition coefficient (Wildman–Crippen LogP) is 1.70. The lowest BCUT2D eigenvalue weighted by Gasteiger charge is -2.24. The molecular formula is C15H16FN3O. The van der Waals surface area contributed by atoms with Gasteiger partial charge < -0.3 is 9.88 Å². The molecule has 1 aromatic heterocycles. The standard InChI is InChI=1S/C15H16FN3O/c16-12-3-1-11(2-4-12)7-15(20)18-13-5-6-19-10-17-9-14(19)8-13/h1-4,9-10,13H,5-8H2,(H,18,20). The number of benzene rings is 1. The van der Waals surface area contributed by atoms with E-state index in [1.807, 2.05) is 12.5 Å². The van der Waals surface area contributed by atoms with Gasteiger partial charge in [-0.1, -0.05) is 12.1 Å². The van der Waals surface area contributed by atoms with Crippen LogP contribution in [0.3, 0.4) is 0 Å². The minimum Gasteiger partial charge on any atom is -0.353 e. The van der Waals surface area contributed by atoms with E-state index in [1.54, 1.807) is 12.1 Å². The molecule has 1 unspecified atom stereocenters. The van der Waals surface area contributed by atoms with Gasteiger partial charge in [-0.3, -0.25) is 4.79 Å². The highest BCUT2D eigenvalue weighted by Crippen LogP contribution is 2.14. The van der Waals surface area contributed by atoms with Gasteiger partial charge in [0.05, 0.1) is 12.7 Å². The number of halogens is 1. The van der Waals surface area contributed by atoms with Crippen LogP contribution in [0.4, 0.5) is 4.39 Å². The average Bonchev–Trinajstić information content (AvgIpc) is 2.89. The topological polar surface area (TPSA) is 46.9 Å². The highest BCUT2D eigenvalue weighted by molar-refractivity contribution is 5.78. The third-order valence-electron chi connectivity index (χ3n) is 3.62. The van der Waals surface area contributed by atoms with E-state index in [0.717, 1.165) is 30.6 Å². The molecule has 0 aliphatic carbocycles. The van der Waals surface area contributed by atoms with Crippen molar-refractivity contribution < 1.29 is 9.18 Å². The molecule has 1 N–H and O–H groups in total. The summed E-state index contributed by atoms with van der Waals surface area (Å²) in [5.41, 5.74) is 1.98. The maximum Gasteiger partial charge on any atom is 0.224 e. The molecule has 0 spiro atoms. The number of nitrogens with one attached hydrogen (secondary N) is 1. The van der Waals surface area contributed by atoms with E-state index in [1.165, 1.54) is 12.1 Å². The molecule has 0 fully saturated rings. The van der Waals surface area contributed by atoms with Crippen molar-refractivity contribution >= 4 is 5.91 Å². The van der Waals surface area contributed by atoms with Crippen molar-refractivity contribution in [3.8, 4) is 0 Å². The van der Waals surface area contributed by atoms with Crippen molar-refractivity contribution in [2.24, 2.45) is 0 Å². The van der Waals surface area contributed by atoms with E-state index >= 15 is 0 Å². The number of carbonyl (C=O) groups excluding carboxylic acids is 1. The van der Waals surface area contributed by atoms with Crippen molar-refractivity contribution in [1.82, 2.24) is 14.9 Å². The van der Waals surface area contributed by atoms with Crippen LogP contribution in [0, 0.1) is 5.82 Å².